The number of benzene rings is 1. The van der Waals surface area contributed by atoms with E-state index in [4.69, 9.17) is 5.11 Å². The first-order valence-electron chi connectivity index (χ1n) is 4.34. The molecule has 1 unspecified atom stereocenters. The van der Waals surface area contributed by atoms with Crippen LogP contribution in [-0.4, -0.2) is 30.4 Å². The lowest BCUT2D eigenvalue weighted by Crippen LogP contribution is -2.35. The van der Waals surface area contributed by atoms with Crippen LogP contribution in [0.5, 0.6) is 0 Å². The van der Waals surface area contributed by atoms with Crippen molar-refractivity contribution in [1.29, 1.82) is 0 Å². The van der Waals surface area contributed by atoms with Gasteiger partial charge in [0.25, 0.3) is 5.63 Å². The Balaban J connectivity index is 3.26. The zero-order valence-electron chi connectivity index (χ0n) is 8.48. The van der Waals surface area contributed by atoms with Gasteiger partial charge in [0, 0.05) is 0 Å². The van der Waals surface area contributed by atoms with E-state index >= 15 is 0 Å². The SMILES string of the molecule is O=C(O)c1ccc(S(=O)(=O)C(F)(F)C(F)Cl)cc1. The van der Waals surface area contributed by atoms with Crippen LogP contribution in [0.3, 0.4) is 0 Å². The third-order valence-electron chi connectivity index (χ3n) is 2.02. The van der Waals surface area contributed by atoms with E-state index in [1.54, 1.807) is 0 Å². The van der Waals surface area contributed by atoms with E-state index in [9.17, 15) is 26.4 Å². The van der Waals surface area contributed by atoms with Crippen LogP contribution >= 0.6 is 11.6 Å². The lowest BCUT2D eigenvalue weighted by Gasteiger charge is -2.16. The normalized spacial score (nSPS) is 14.2. The van der Waals surface area contributed by atoms with Crippen LogP contribution in [-0.2, 0) is 9.84 Å². The highest BCUT2D eigenvalue weighted by molar-refractivity contribution is 7.92. The van der Waals surface area contributed by atoms with E-state index in [0.717, 1.165) is 12.1 Å². The summed E-state index contributed by atoms with van der Waals surface area (Å²) in [6.07, 6.45) is 0. The van der Waals surface area contributed by atoms with Gasteiger partial charge in [0.2, 0.25) is 9.84 Å². The molecule has 0 aliphatic carbocycles. The topological polar surface area (TPSA) is 71.4 Å². The van der Waals surface area contributed by atoms with Crippen LogP contribution in [0.1, 0.15) is 10.4 Å². The summed E-state index contributed by atoms with van der Waals surface area (Å²) in [5, 5.41) is 3.76. The first-order chi connectivity index (χ1) is 8.10. The molecule has 1 N–H and O–H groups in total. The number of aromatic carboxylic acids is 1. The predicted molar refractivity (Wildman–Crippen MR) is 56.3 cm³/mol. The van der Waals surface area contributed by atoms with Crippen molar-refractivity contribution in [1.82, 2.24) is 0 Å². The maximum absolute atomic E-state index is 13.1. The molecule has 9 heteroatoms. The number of rotatable bonds is 4. The van der Waals surface area contributed by atoms with E-state index in [-0.39, 0.29) is 5.56 Å². The number of carboxylic acid groups (broad SMARTS) is 1. The molecule has 0 spiro atoms. The van der Waals surface area contributed by atoms with Crippen molar-refractivity contribution in [3.05, 3.63) is 29.8 Å². The number of sulfone groups is 1. The fourth-order valence-electron chi connectivity index (χ4n) is 1.05. The van der Waals surface area contributed by atoms with E-state index in [0.29, 0.717) is 12.1 Å². The van der Waals surface area contributed by atoms with Crippen molar-refractivity contribution < 1.29 is 31.5 Å². The van der Waals surface area contributed by atoms with Gasteiger partial charge in [-0.2, -0.15) is 8.78 Å². The molecular weight excluding hydrogens is 297 g/mol. The van der Waals surface area contributed by atoms with Gasteiger partial charge in [0.05, 0.1) is 10.5 Å². The Morgan fingerprint density at radius 3 is 2.06 bits per heavy atom. The number of hydrogen-bond acceptors (Lipinski definition) is 3. The molecule has 1 rings (SSSR count). The van der Waals surface area contributed by atoms with Gasteiger partial charge in [-0.25, -0.2) is 17.6 Å². The summed E-state index contributed by atoms with van der Waals surface area (Å²) in [4.78, 5) is 9.57. The molecule has 0 saturated carbocycles. The quantitative estimate of drug-likeness (QED) is 0.866. The monoisotopic (exact) mass is 302 g/mol. The van der Waals surface area contributed by atoms with Gasteiger partial charge in [-0.05, 0) is 24.3 Å². The third kappa shape index (κ3) is 2.44. The second-order valence-electron chi connectivity index (χ2n) is 3.20. The zero-order valence-corrected chi connectivity index (χ0v) is 10.1. The fraction of sp³-hybridized carbons (Fsp3) is 0.222. The first-order valence-corrected chi connectivity index (χ1v) is 6.26. The minimum atomic E-state index is -5.31. The van der Waals surface area contributed by atoms with Crippen molar-refractivity contribution in [3.8, 4) is 0 Å². The number of alkyl halides is 4. The summed E-state index contributed by atoms with van der Waals surface area (Å²) in [5.74, 6) is -1.36. The van der Waals surface area contributed by atoms with Crippen LogP contribution in [0.15, 0.2) is 29.2 Å². The molecule has 0 aromatic heterocycles. The third-order valence-corrected chi connectivity index (χ3v) is 4.24. The lowest BCUT2D eigenvalue weighted by atomic mass is 10.2. The highest BCUT2D eigenvalue weighted by Gasteiger charge is 2.53. The van der Waals surface area contributed by atoms with E-state index in [1.165, 1.54) is 0 Å². The van der Waals surface area contributed by atoms with Crippen LogP contribution in [0.4, 0.5) is 13.2 Å². The van der Waals surface area contributed by atoms with Gasteiger partial charge < -0.3 is 5.11 Å². The highest BCUT2D eigenvalue weighted by Crippen LogP contribution is 2.35. The molecule has 0 saturated heterocycles. The average Bonchev–Trinajstić information content (AvgIpc) is 2.28. The van der Waals surface area contributed by atoms with Gasteiger partial charge in [0.15, 0.2) is 0 Å². The van der Waals surface area contributed by atoms with E-state index < -0.39 is 31.6 Å². The number of halogens is 4. The lowest BCUT2D eigenvalue weighted by molar-refractivity contribution is 0.0423. The molecule has 4 nitrogen and oxygen atoms in total. The average molecular weight is 303 g/mol. The summed E-state index contributed by atoms with van der Waals surface area (Å²) in [5.41, 5.74) is -3.69. The molecule has 0 amide bonds. The van der Waals surface area contributed by atoms with E-state index in [1.807, 2.05) is 0 Å². The fourth-order valence-corrected chi connectivity index (χ4v) is 2.45. The molecule has 100 valence electrons. The Kier molecular flexibility index (Phi) is 3.92. The maximum Gasteiger partial charge on any atom is 0.393 e. The minimum absolute atomic E-state index is 0.292. The smallest absolute Gasteiger partial charge is 0.393 e. The summed E-state index contributed by atoms with van der Waals surface area (Å²) < 4.78 is 61.2. The Hall–Kier alpha value is -1.28. The molecule has 0 heterocycles. The van der Waals surface area contributed by atoms with Crippen molar-refractivity contribution >= 4 is 27.4 Å². The van der Waals surface area contributed by atoms with Crippen molar-refractivity contribution in [3.63, 3.8) is 0 Å². The molecule has 0 bridgehead atoms. The van der Waals surface area contributed by atoms with Crippen molar-refractivity contribution in [2.24, 2.45) is 0 Å². The Morgan fingerprint density at radius 1 is 1.28 bits per heavy atom. The molecule has 1 atom stereocenters. The largest absolute Gasteiger partial charge is 0.478 e. The molecular formula is C9H6ClF3O4S. The van der Waals surface area contributed by atoms with Crippen molar-refractivity contribution in [2.45, 2.75) is 15.8 Å². The zero-order chi connectivity index (χ0) is 14.1. The van der Waals surface area contributed by atoms with Gasteiger partial charge in [0.1, 0.15) is 0 Å². The van der Waals surface area contributed by atoms with Gasteiger partial charge in [-0.15, -0.1) is 0 Å². The summed E-state index contributed by atoms with van der Waals surface area (Å²) in [7, 11) is -5.31. The van der Waals surface area contributed by atoms with Crippen LogP contribution in [0.2, 0.25) is 0 Å². The second kappa shape index (κ2) is 4.77. The van der Waals surface area contributed by atoms with Crippen LogP contribution in [0, 0.1) is 0 Å². The standard InChI is InChI=1S/C9H6ClF3O4S/c10-8(11)9(12,13)18(16,17)6-3-1-5(2-4-6)7(14)15/h1-4,8H,(H,14,15). The van der Waals surface area contributed by atoms with E-state index in [2.05, 4.69) is 11.6 Å². The minimum Gasteiger partial charge on any atom is -0.478 e. The number of carboxylic acids is 1. The van der Waals surface area contributed by atoms with Crippen LogP contribution < -0.4 is 0 Å². The summed E-state index contributed by atoms with van der Waals surface area (Å²) in [6.45, 7) is 0. The molecule has 0 radical (unpaired) electrons. The Bertz CT molecular complexity index is 554. The van der Waals surface area contributed by atoms with Crippen molar-refractivity contribution in [2.75, 3.05) is 0 Å². The Morgan fingerprint density at radius 2 is 1.72 bits per heavy atom. The molecule has 0 fully saturated rings. The molecule has 18 heavy (non-hydrogen) atoms. The second-order valence-corrected chi connectivity index (χ2v) is 5.60. The summed E-state index contributed by atoms with van der Waals surface area (Å²) >= 11 is 4.50. The van der Waals surface area contributed by atoms with Crippen LogP contribution in [0.25, 0.3) is 0 Å². The molecule has 1 aromatic carbocycles. The molecule has 0 aliphatic heterocycles. The van der Waals surface area contributed by atoms with Gasteiger partial charge >= 0.3 is 11.2 Å². The predicted octanol–water partition coefficient (Wildman–Crippen LogP) is 2.29. The van der Waals surface area contributed by atoms with Gasteiger partial charge in [-0.1, -0.05) is 11.6 Å². The maximum atomic E-state index is 13.1. The summed E-state index contributed by atoms with van der Waals surface area (Å²) in [6, 6.07) is 2.91. The molecule has 0 aliphatic rings. The molecule has 1 aromatic rings. The van der Waals surface area contributed by atoms with Gasteiger partial charge in [-0.3, -0.25) is 0 Å². The Labute approximate surface area is 105 Å². The number of carbonyl (C=O) groups is 1. The first kappa shape index (κ1) is 14.8. The highest BCUT2D eigenvalue weighted by atomic mass is 35.5. The number of hydrogen-bond donors (Lipinski definition) is 1.